The molecule has 4 heteroatoms. The van der Waals surface area contributed by atoms with Gasteiger partial charge in [-0.25, -0.2) is 4.79 Å². The number of rotatable bonds is 3. The van der Waals surface area contributed by atoms with Gasteiger partial charge >= 0.3 is 5.97 Å². The Kier molecular flexibility index (Phi) is 4.50. The number of carbonyl (C=O) groups is 1. The standard InChI is InChI=1S/C15H20BrNO2/c1-10(2)11-6-8-17(9-7-11)13-5-3-4-12(16)14(13)15(18)19/h3-5,10-11H,6-9H2,1-2H3,(H,18,19). The molecule has 0 radical (unpaired) electrons. The first kappa shape index (κ1) is 14.4. The first-order valence-electron chi connectivity index (χ1n) is 6.77. The molecule has 2 rings (SSSR count). The quantitative estimate of drug-likeness (QED) is 0.912. The Hall–Kier alpha value is -1.03. The van der Waals surface area contributed by atoms with Crippen LogP contribution in [0, 0.1) is 11.8 Å². The van der Waals surface area contributed by atoms with Crippen LogP contribution in [0.2, 0.25) is 0 Å². The van der Waals surface area contributed by atoms with Gasteiger partial charge in [-0.15, -0.1) is 0 Å². The number of piperidine rings is 1. The second-order valence-electron chi connectivity index (χ2n) is 5.51. The molecule has 0 amide bonds. The SMILES string of the molecule is CC(C)C1CCN(c2cccc(Br)c2C(=O)O)CC1. The molecule has 0 aliphatic carbocycles. The van der Waals surface area contributed by atoms with Crippen LogP contribution in [-0.2, 0) is 0 Å². The first-order valence-corrected chi connectivity index (χ1v) is 7.56. The molecule has 0 bridgehead atoms. The lowest BCUT2D eigenvalue weighted by atomic mass is 9.86. The van der Waals surface area contributed by atoms with Crippen LogP contribution in [-0.4, -0.2) is 24.2 Å². The summed E-state index contributed by atoms with van der Waals surface area (Å²) in [5.41, 5.74) is 1.22. The Labute approximate surface area is 122 Å². The smallest absolute Gasteiger partial charge is 0.338 e. The third-order valence-electron chi connectivity index (χ3n) is 4.03. The molecular formula is C15H20BrNO2. The van der Waals surface area contributed by atoms with Crippen LogP contribution in [0.3, 0.4) is 0 Å². The fraction of sp³-hybridized carbons (Fsp3) is 0.533. The number of halogens is 1. The average molecular weight is 326 g/mol. The minimum Gasteiger partial charge on any atom is -0.478 e. The Bertz CT molecular complexity index is 465. The number of carboxylic acids is 1. The van der Waals surface area contributed by atoms with Crippen LogP contribution >= 0.6 is 15.9 Å². The zero-order chi connectivity index (χ0) is 14.0. The summed E-state index contributed by atoms with van der Waals surface area (Å²) >= 11 is 3.34. The zero-order valence-electron chi connectivity index (χ0n) is 11.4. The number of hydrogen-bond acceptors (Lipinski definition) is 2. The molecule has 104 valence electrons. The van der Waals surface area contributed by atoms with E-state index in [-0.39, 0.29) is 0 Å². The number of benzene rings is 1. The van der Waals surface area contributed by atoms with Gasteiger partial charge in [0.1, 0.15) is 0 Å². The molecule has 0 spiro atoms. The minimum atomic E-state index is -0.867. The van der Waals surface area contributed by atoms with Crippen molar-refractivity contribution in [3.05, 3.63) is 28.2 Å². The Morgan fingerprint density at radius 3 is 2.53 bits per heavy atom. The average Bonchev–Trinajstić information content (AvgIpc) is 2.38. The van der Waals surface area contributed by atoms with Crippen molar-refractivity contribution in [1.82, 2.24) is 0 Å². The third-order valence-corrected chi connectivity index (χ3v) is 4.69. The van der Waals surface area contributed by atoms with Crippen LogP contribution in [0.15, 0.2) is 22.7 Å². The van der Waals surface area contributed by atoms with E-state index in [0.29, 0.717) is 16.0 Å². The zero-order valence-corrected chi connectivity index (χ0v) is 13.0. The highest BCUT2D eigenvalue weighted by atomic mass is 79.9. The summed E-state index contributed by atoms with van der Waals surface area (Å²) in [4.78, 5) is 13.6. The third kappa shape index (κ3) is 3.11. The largest absolute Gasteiger partial charge is 0.478 e. The Balaban J connectivity index is 2.20. The maximum atomic E-state index is 11.4. The van der Waals surface area contributed by atoms with Crippen LogP contribution in [0.1, 0.15) is 37.0 Å². The lowest BCUT2D eigenvalue weighted by Gasteiger charge is -2.36. The highest BCUT2D eigenvalue weighted by molar-refractivity contribution is 9.10. The Morgan fingerprint density at radius 2 is 2.00 bits per heavy atom. The number of carboxylic acid groups (broad SMARTS) is 1. The molecule has 3 nitrogen and oxygen atoms in total. The maximum Gasteiger partial charge on any atom is 0.338 e. The fourth-order valence-corrected chi connectivity index (χ4v) is 3.32. The first-order chi connectivity index (χ1) is 9.00. The summed E-state index contributed by atoms with van der Waals surface area (Å²) in [5.74, 6) is 0.605. The van der Waals surface area contributed by atoms with Crippen molar-refractivity contribution in [1.29, 1.82) is 0 Å². The summed E-state index contributed by atoms with van der Waals surface area (Å²) < 4.78 is 0.656. The predicted molar refractivity (Wildman–Crippen MR) is 80.9 cm³/mol. The van der Waals surface area contributed by atoms with Crippen molar-refractivity contribution in [3.8, 4) is 0 Å². The summed E-state index contributed by atoms with van der Waals surface area (Å²) in [6.45, 7) is 6.42. The van der Waals surface area contributed by atoms with E-state index in [4.69, 9.17) is 0 Å². The number of anilines is 1. The van der Waals surface area contributed by atoms with E-state index in [2.05, 4.69) is 34.7 Å². The van der Waals surface area contributed by atoms with Gasteiger partial charge in [0.15, 0.2) is 0 Å². The van der Waals surface area contributed by atoms with Gasteiger partial charge < -0.3 is 10.0 Å². The molecule has 1 heterocycles. The summed E-state index contributed by atoms with van der Waals surface area (Å²) in [7, 11) is 0. The van der Waals surface area contributed by atoms with E-state index >= 15 is 0 Å². The van der Waals surface area contributed by atoms with Crippen LogP contribution < -0.4 is 4.90 Å². The van der Waals surface area contributed by atoms with Gasteiger partial charge in [0, 0.05) is 17.6 Å². The van der Waals surface area contributed by atoms with Gasteiger partial charge in [0.25, 0.3) is 0 Å². The second kappa shape index (κ2) is 5.95. The normalized spacial score (nSPS) is 16.9. The molecule has 0 unspecified atom stereocenters. The van der Waals surface area contributed by atoms with E-state index < -0.39 is 5.97 Å². The number of hydrogen-bond donors (Lipinski definition) is 1. The van der Waals surface area contributed by atoms with Crippen LogP contribution in [0.25, 0.3) is 0 Å². The van der Waals surface area contributed by atoms with E-state index in [1.165, 1.54) is 0 Å². The predicted octanol–water partition coefficient (Wildman–Crippen LogP) is 4.02. The van der Waals surface area contributed by atoms with Crippen LogP contribution in [0.5, 0.6) is 0 Å². The van der Waals surface area contributed by atoms with Crippen molar-refractivity contribution in [2.24, 2.45) is 11.8 Å². The molecule has 1 aliphatic heterocycles. The van der Waals surface area contributed by atoms with Gasteiger partial charge in [-0.05, 0) is 52.7 Å². The minimum absolute atomic E-state index is 0.380. The highest BCUT2D eigenvalue weighted by Crippen LogP contribution is 2.32. The molecule has 0 atom stereocenters. The van der Waals surface area contributed by atoms with Crippen molar-refractivity contribution in [3.63, 3.8) is 0 Å². The summed E-state index contributed by atoms with van der Waals surface area (Å²) in [6, 6.07) is 5.60. The number of aromatic carboxylic acids is 1. The molecule has 0 aromatic heterocycles. The van der Waals surface area contributed by atoms with Gasteiger partial charge in [0.05, 0.1) is 11.3 Å². The molecular weight excluding hydrogens is 306 g/mol. The van der Waals surface area contributed by atoms with Gasteiger partial charge in [0.2, 0.25) is 0 Å². The van der Waals surface area contributed by atoms with E-state index in [0.717, 1.165) is 37.5 Å². The summed E-state index contributed by atoms with van der Waals surface area (Å²) in [6.07, 6.45) is 2.28. The van der Waals surface area contributed by atoms with Crippen molar-refractivity contribution < 1.29 is 9.90 Å². The molecule has 1 N–H and O–H groups in total. The lowest BCUT2D eigenvalue weighted by Crippen LogP contribution is -2.36. The van der Waals surface area contributed by atoms with Gasteiger partial charge in [-0.1, -0.05) is 19.9 Å². The van der Waals surface area contributed by atoms with Crippen LogP contribution in [0.4, 0.5) is 5.69 Å². The topological polar surface area (TPSA) is 40.5 Å². The second-order valence-corrected chi connectivity index (χ2v) is 6.36. The molecule has 1 aromatic carbocycles. The van der Waals surface area contributed by atoms with E-state index in [1.54, 1.807) is 6.07 Å². The molecule has 19 heavy (non-hydrogen) atoms. The molecule has 1 fully saturated rings. The fourth-order valence-electron chi connectivity index (χ4n) is 2.80. The molecule has 1 saturated heterocycles. The maximum absolute atomic E-state index is 11.4. The van der Waals surface area contributed by atoms with Gasteiger partial charge in [-0.2, -0.15) is 0 Å². The molecule has 1 aliphatic rings. The van der Waals surface area contributed by atoms with Crippen molar-refractivity contribution in [2.45, 2.75) is 26.7 Å². The van der Waals surface area contributed by atoms with E-state index in [1.807, 2.05) is 12.1 Å². The highest BCUT2D eigenvalue weighted by Gasteiger charge is 2.25. The van der Waals surface area contributed by atoms with Crippen molar-refractivity contribution >= 4 is 27.6 Å². The lowest BCUT2D eigenvalue weighted by molar-refractivity contribution is 0.0696. The van der Waals surface area contributed by atoms with Crippen molar-refractivity contribution in [2.75, 3.05) is 18.0 Å². The molecule has 1 aromatic rings. The number of nitrogens with zero attached hydrogens (tertiary/aromatic N) is 1. The van der Waals surface area contributed by atoms with E-state index in [9.17, 15) is 9.90 Å². The molecule has 0 saturated carbocycles. The van der Waals surface area contributed by atoms with Gasteiger partial charge in [-0.3, -0.25) is 0 Å². The summed E-state index contributed by atoms with van der Waals surface area (Å²) in [5, 5.41) is 9.36. The Morgan fingerprint density at radius 1 is 1.37 bits per heavy atom. The monoisotopic (exact) mass is 325 g/mol.